The summed E-state index contributed by atoms with van der Waals surface area (Å²) in [6.07, 6.45) is 2.42. The lowest BCUT2D eigenvalue weighted by Crippen LogP contribution is -2.28. The third kappa shape index (κ3) is 4.84. The molecule has 0 bridgehead atoms. The van der Waals surface area contributed by atoms with Gasteiger partial charge in [-0.05, 0) is 54.9 Å². The van der Waals surface area contributed by atoms with Crippen LogP contribution in [0.5, 0.6) is 11.5 Å². The summed E-state index contributed by atoms with van der Waals surface area (Å²) in [5, 5.41) is 8.98. The van der Waals surface area contributed by atoms with Gasteiger partial charge >= 0.3 is 0 Å². The number of nitrogens with zero attached hydrogens (tertiary/aromatic N) is 2. The van der Waals surface area contributed by atoms with Gasteiger partial charge in [0, 0.05) is 12.1 Å². The van der Waals surface area contributed by atoms with Crippen LogP contribution in [0.4, 0.5) is 4.79 Å². The quantitative estimate of drug-likeness (QED) is 0.558. The van der Waals surface area contributed by atoms with Crippen LogP contribution in [0.1, 0.15) is 37.0 Å². The lowest BCUT2D eigenvalue weighted by atomic mass is 10.1. The standard InChI is InChI=1S/C23H22N2O4S/c1-3-11-25-22(26)21(30-23(25)27)13-16-9-10-19(20(12-16)28-4-2)29-15-18-8-6-5-7-17(18)14-24/h5-10,12-13H,3-4,11,15H2,1-2H3/b21-13+. The molecular weight excluding hydrogens is 400 g/mol. The van der Waals surface area contributed by atoms with E-state index in [1.165, 1.54) is 4.90 Å². The highest BCUT2D eigenvalue weighted by Crippen LogP contribution is 2.35. The number of rotatable bonds is 8. The molecule has 2 amide bonds. The van der Waals surface area contributed by atoms with Gasteiger partial charge < -0.3 is 9.47 Å². The van der Waals surface area contributed by atoms with Crippen molar-refractivity contribution in [1.29, 1.82) is 5.26 Å². The molecule has 6 nitrogen and oxygen atoms in total. The maximum atomic E-state index is 12.4. The molecular formula is C23H22N2O4S. The molecule has 0 atom stereocenters. The van der Waals surface area contributed by atoms with Gasteiger partial charge in [0.1, 0.15) is 6.61 Å². The van der Waals surface area contributed by atoms with E-state index in [0.717, 1.165) is 29.3 Å². The number of thioether (sulfide) groups is 1. The number of nitriles is 1. The fourth-order valence-electron chi connectivity index (χ4n) is 2.98. The Hall–Kier alpha value is -3.24. The minimum Gasteiger partial charge on any atom is -0.490 e. The largest absolute Gasteiger partial charge is 0.490 e. The third-order valence-corrected chi connectivity index (χ3v) is 5.31. The smallest absolute Gasteiger partial charge is 0.293 e. The van der Waals surface area contributed by atoms with Crippen molar-refractivity contribution in [3.8, 4) is 17.6 Å². The molecule has 1 aliphatic heterocycles. The molecule has 1 heterocycles. The van der Waals surface area contributed by atoms with Crippen LogP contribution in [0, 0.1) is 11.3 Å². The minimum absolute atomic E-state index is 0.235. The summed E-state index contributed by atoms with van der Waals surface area (Å²) >= 11 is 0.947. The Bertz CT molecular complexity index is 1030. The first-order chi connectivity index (χ1) is 14.6. The van der Waals surface area contributed by atoms with E-state index in [1.54, 1.807) is 24.3 Å². The summed E-state index contributed by atoms with van der Waals surface area (Å²) in [5.41, 5.74) is 2.09. The summed E-state index contributed by atoms with van der Waals surface area (Å²) in [5.74, 6) is 0.813. The van der Waals surface area contributed by atoms with Crippen molar-refractivity contribution >= 4 is 29.0 Å². The summed E-state index contributed by atoms with van der Waals surface area (Å²) in [6.45, 7) is 4.90. The van der Waals surface area contributed by atoms with Gasteiger partial charge in [-0.15, -0.1) is 0 Å². The molecule has 154 valence electrons. The number of benzene rings is 2. The Morgan fingerprint density at radius 1 is 1.10 bits per heavy atom. The first-order valence-electron chi connectivity index (χ1n) is 9.70. The second-order valence-electron chi connectivity index (χ2n) is 6.53. The fourth-order valence-corrected chi connectivity index (χ4v) is 3.85. The molecule has 2 aromatic carbocycles. The number of ether oxygens (including phenoxy) is 2. The zero-order valence-electron chi connectivity index (χ0n) is 16.9. The average molecular weight is 423 g/mol. The Morgan fingerprint density at radius 2 is 1.90 bits per heavy atom. The molecule has 1 fully saturated rings. The van der Waals surface area contributed by atoms with E-state index in [-0.39, 0.29) is 17.8 Å². The van der Waals surface area contributed by atoms with Crippen LogP contribution in [-0.4, -0.2) is 29.2 Å². The topological polar surface area (TPSA) is 79.6 Å². The van der Waals surface area contributed by atoms with E-state index in [4.69, 9.17) is 9.47 Å². The van der Waals surface area contributed by atoms with E-state index in [2.05, 4.69) is 6.07 Å². The van der Waals surface area contributed by atoms with Gasteiger partial charge in [-0.25, -0.2) is 0 Å². The third-order valence-electron chi connectivity index (χ3n) is 4.41. The summed E-state index contributed by atoms with van der Waals surface area (Å²) < 4.78 is 11.6. The Labute approximate surface area is 180 Å². The molecule has 30 heavy (non-hydrogen) atoms. The molecule has 0 aliphatic carbocycles. The van der Waals surface area contributed by atoms with Gasteiger partial charge in [-0.2, -0.15) is 5.26 Å². The molecule has 0 saturated carbocycles. The first-order valence-corrected chi connectivity index (χ1v) is 10.5. The molecule has 1 saturated heterocycles. The average Bonchev–Trinajstić information content (AvgIpc) is 3.01. The molecule has 1 aliphatic rings. The van der Waals surface area contributed by atoms with Gasteiger partial charge in [-0.1, -0.05) is 31.2 Å². The predicted octanol–water partition coefficient (Wildman–Crippen LogP) is 4.98. The van der Waals surface area contributed by atoms with Crippen molar-refractivity contribution in [2.45, 2.75) is 26.9 Å². The van der Waals surface area contributed by atoms with Gasteiger partial charge in [-0.3, -0.25) is 14.5 Å². The number of imide groups is 1. The van der Waals surface area contributed by atoms with Gasteiger partial charge in [0.2, 0.25) is 0 Å². The van der Waals surface area contributed by atoms with Crippen molar-refractivity contribution in [2.24, 2.45) is 0 Å². The highest BCUT2D eigenvalue weighted by Gasteiger charge is 2.34. The van der Waals surface area contributed by atoms with Gasteiger partial charge in [0.25, 0.3) is 11.1 Å². The SMILES string of the molecule is CCCN1C(=O)S/C(=C/c2ccc(OCc3ccccc3C#N)c(OCC)c2)C1=O. The molecule has 3 rings (SSSR count). The number of amides is 2. The van der Waals surface area contributed by atoms with Crippen LogP contribution < -0.4 is 9.47 Å². The second-order valence-corrected chi connectivity index (χ2v) is 7.52. The van der Waals surface area contributed by atoms with Crippen molar-refractivity contribution in [3.05, 3.63) is 64.1 Å². The maximum Gasteiger partial charge on any atom is 0.293 e. The molecule has 0 N–H and O–H groups in total. The zero-order chi connectivity index (χ0) is 21.5. The fraction of sp³-hybridized carbons (Fsp3) is 0.261. The van der Waals surface area contributed by atoms with Crippen LogP contribution in [-0.2, 0) is 11.4 Å². The van der Waals surface area contributed by atoms with Crippen LogP contribution in [0.2, 0.25) is 0 Å². The van der Waals surface area contributed by atoms with E-state index in [0.29, 0.717) is 35.1 Å². The van der Waals surface area contributed by atoms with Crippen LogP contribution >= 0.6 is 11.8 Å². The predicted molar refractivity (Wildman–Crippen MR) is 116 cm³/mol. The van der Waals surface area contributed by atoms with Crippen LogP contribution in [0.25, 0.3) is 6.08 Å². The zero-order valence-corrected chi connectivity index (χ0v) is 17.7. The van der Waals surface area contributed by atoms with Crippen molar-refractivity contribution < 1.29 is 19.1 Å². The number of hydrogen-bond acceptors (Lipinski definition) is 6. The van der Waals surface area contributed by atoms with E-state index < -0.39 is 0 Å². The molecule has 0 aromatic heterocycles. The maximum absolute atomic E-state index is 12.4. The summed E-state index contributed by atoms with van der Waals surface area (Å²) in [7, 11) is 0. The molecule has 0 spiro atoms. The molecule has 7 heteroatoms. The van der Waals surface area contributed by atoms with Crippen molar-refractivity contribution in [1.82, 2.24) is 4.90 Å². The summed E-state index contributed by atoms with van der Waals surface area (Å²) in [4.78, 5) is 26.1. The van der Waals surface area contributed by atoms with Crippen molar-refractivity contribution in [3.63, 3.8) is 0 Å². The molecule has 0 unspecified atom stereocenters. The Morgan fingerprint density at radius 3 is 2.63 bits per heavy atom. The van der Waals surface area contributed by atoms with Gasteiger partial charge in [0.05, 0.1) is 23.1 Å². The second kappa shape index (κ2) is 9.99. The molecule has 0 radical (unpaired) electrons. The lowest BCUT2D eigenvalue weighted by molar-refractivity contribution is -0.122. The van der Waals surface area contributed by atoms with E-state index >= 15 is 0 Å². The number of carbonyl (C=O) groups is 2. The minimum atomic E-state index is -0.266. The highest BCUT2D eigenvalue weighted by atomic mass is 32.2. The lowest BCUT2D eigenvalue weighted by Gasteiger charge is -2.13. The van der Waals surface area contributed by atoms with Crippen LogP contribution in [0.3, 0.4) is 0 Å². The first kappa shape index (κ1) is 21.5. The Balaban J connectivity index is 1.81. The summed E-state index contributed by atoms with van der Waals surface area (Å²) in [6, 6.07) is 14.8. The number of carbonyl (C=O) groups excluding carboxylic acids is 2. The van der Waals surface area contributed by atoms with Crippen LogP contribution in [0.15, 0.2) is 47.4 Å². The monoisotopic (exact) mass is 422 g/mol. The van der Waals surface area contributed by atoms with Crippen molar-refractivity contribution in [2.75, 3.05) is 13.2 Å². The number of hydrogen-bond donors (Lipinski definition) is 0. The Kier molecular flexibility index (Phi) is 7.15. The molecule has 2 aromatic rings. The highest BCUT2D eigenvalue weighted by molar-refractivity contribution is 8.18. The normalized spacial score (nSPS) is 14.8. The van der Waals surface area contributed by atoms with E-state index in [9.17, 15) is 14.9 Å². The van der Waals surface area contributed by atoms with Gasteiger partial charge in [0.15, 0.2) is 11.5 Å². The van der Waals surface area contributed by atoms with E-state index in [1.807, 2.05) is 38.1 Å².